The molecule has 0 unspecified atom stereocenters. The molecule has 0 aliphatic heterocycles. The third-order valence-electron chi connectivity index (χ3n) is 6.01. The second-order valence-electron chi connectivity index (χ2n) is 7.96. The second kappa shape index (κ2) is 9.84. The quantitative estimate of drug-likeness (QED) is 0.157. The minimum atomic E-state index is -3.44. The number of carbonyl (C=O) groups is 2. The Bertz CT molecular complexity index is 1230. The molecule has 6 heteroatoms. The van der Waals surface area contributed by atoms with Gasteiger partial charge in [-0.2, -0.15) is 0 Å². The Labute approximate surface area is 212 Å². The fourth-order valence-electron chi connectivity index (χ4n) is 4.28. The van der Waals surface area contributed by atoms with Crippen molar-refractivity contribution in [1.29, 1.82) is 0 Å². The van der Waals surface area contributed by atoms with E-state index in [9.17, 15) is 9.59 Å². The molecule has 0 saturated heterocycles. The van der Waals surface area contributed by atoms with Crippen molar-refractivity contribution in [1.82, 2.24) is 0 Å². The first-order chi connectivity index (χ1) is 16.4. The van der Waals surface area contributed by atoms with E-state index < -0.39 is 11.3 Å². The molecule has 4 aromatic carbocycles. The van der Waals surface area contributed by atoms with E-state index in [2.05, 4.69) is 51.9 Å². The molecule has 0 heterocycles. The molecule has 0 fully saturated rings. The Morgan fingerprint density at radius 2 is 1.21 bits per heavy atom. The molecule has 0 bridgehead atoms. The molecule has 0 aliphatic carbocycles. The predicted molar refractivity (Wildman–Crippen MR) is 146 cm³/mol. The number of carbonyl (C=O) groups excluding carboxylic acids is 2. The van der Waals surface area contributed by atoms with Gasteiger partial charge >= 0.3 is 213 Å². The van der Waals surface area contributed by atoms with Gasteiger partial charge in [0.1, 0.15) is 0 Å². The Kier molecular flexibility index (Phi) is 7.04. The normalized spacial score (nSPS) is 12.4. The van der Waals surface area contributed by atoms with Gasteiger partial charge in [-0.25, -0.2) is 0 Å². The average molecular weight is 554 g/mol. The van der Waals surface area contributed by atoms with Crippen LogP contribution in [0.3, 0.4) is 0 Å². The van der Waals surface area contributed by atoms with Crippen molar-refractivity contribution in [2.24, 2.45) is 0 Å². The van der Waals surface area contributed by atoms with Crippen molar-refractivity contribution < 1.29 is 14.3 Å². The number of ketones is 1. The van der Waals surface area contributed by atoms with Crippen LogP contribution in [0.4, 0.5) is 0 Å². The molecule has 0 radical (unpaired) electrons. The van der Waals surface area contributed by atoms with E-state index in [0.29, 0.717) is 11.1 Å². The molecule has 0 aromatic heterocycles. The standard InChI is InChI=1S/C28H23BrClO3P/c1-33-28(32)21-17-18-25(26(30)19-21)27(31)20-34(29,22-11-5-2-6-12-22,23-13-7-3-8-14-23)24-15-9-4-10-16-24/h2-19H,20H2,1H3. The van der Waals surface area contributed by atoms with Crippen LogP contribution in [0.15, 0.2) is 109 Å². The molecule has 4 aromatic rings. The van der Waals surface area contributed by atoms with Gasteiger partial charge in [0.2, 0.25) is 0 Å². The van der Waals surface area contributed by atoms with Gasteiger partial charge in [-0.15, -0.1) is 0 Å². The van der Waals surface area contributed by atoms with Crippen LogP contribution in [-0.2, 0) is 4.74 Å². The number of rotatable bonds is 7. The zero-order chi connectivity index (χ0) is 24.2. The van der Waals surface area contributed by atoms with Crippen molar-refractivity contribution in [2.45, 2.75) is 0 Å². The molecular weight excluding hydrogens is 531 g/mol. The van der Waals surface area contributed by atoms with Crippen molar-refractivity contribution in [3.63, 3.8) is 0 Å². The zero-order valence-electron chi connectivity index (χ0n) is 18.5. The average Bonchev–Trinajstić information content (AvgIpc) is 2.89. The summed E-state index contributed by atoms with van der Waals surface area (Å²) in [4.78, 5) is 25.9. The summed E-state index contributed by atoms with van der Waals surface area (Å²) in [5.41, 5.74) is 0.667. The van der Waals surface area contributed by atoms with Crippen LogP contribution in [-0.4, -0.2) is 25.0 Å². The maximum absolute atomic E-state index is 14.0. The summed E-state index contributed by atoms with van der Waals surface area (Å²) >= 11 is 10.8. The third-order valence-corrected chi connectivity index (χ3v) is 15.8. The molecule has 172 valence electrons. The van der Waals surface area contributed by atoms with E-state index >= 15 is 0 Å². The fourth-order valence-corrected chi connectivity index (χ4v) is 11.9. The third kappa shape index (κ3) is 4.22. The summed E-state index contributed by atoms with van der Waals surface area (Å²) in [5.74, 6) is -0.619. The van der Waals surface area contributed by atoms with Crippen LogP contribution in [0.1, 0.15) is 20.7 Å². The summed E-state index contributed by atoms with van der Waals surface area (Å²) in [7, 11) is 1.31. The predicted octanol–water partition coefficient (Wildman–Crippen LogP) is 6.15. The maximum atomic E-state index is 14.0. The van der Waals surface area contributed by atoms with E-state index in [1.54, 1.807) is 12.1 Å². The van der Waals surface area contributed by atoms with Crippen molar-refractivity contribution in [2.75, 3.05) is 13.3 Å². The molecule has 0 aliphatic rings. The minimum absolute atomic E-state index is 0.118. The monoisotopic (exact) mass is 552 g/mol. The van der Waals surface area contributed by atoms with Crippen LogP contribution >= 0.6 is 32.4 Å². The summed E-state index contributed by atoms with van der Waals surface area (Å²) < 4.78 is 4.78. The van der Waals surface area contributed by atoms with Gasteiger partial charge in [-0.1, -0.05) is 0 Å². The first kappa shape index (κ1) is 24.3. The van der Waals surface area contributed by atoms with Gasteiger partial charge in [0.05, 0.1) is 0 Å². The van der Waals surface area contributed by atoms with Crippen LogP contribution in [0, 0.1) is 0 Å². The van der Waals surface area contributed by atoms with Crippen LogP contribution < -0.4 is 15.9 Å². The van der Waals surface area contributed by atoms with Gasteiger partial charge in [0.15, 0.2) is 0 Å². The Balaban J connectivity index is 1.95. The molecule has 0 atom stereocenters. The zero-order valence-corrected chi connectivity index (χ0v) is 21.8. The molecule has 4 rings (SSSR count). The van der Waals surface area contributed by atoms with Gasteiger partial charge in [-0.05, 0) is 0 Å². The number of halogens is 2. The number of esters is 1. The van der Waals surface area contributed by atoms with E-state index in [1.165, 1.54) is 13.2 Å². The summed E-state index contributed by atoms with van der Waals surface area (Å²) in [6.07, 6.45) is 0.181. The van der Waals surface area contributed by atoms with E-state index in [0.717, 1.165) is 15.9 Å². The van der Waals surface area contributed by atoms with Crippen LogP contribution in [0.5, 0.6) is 0 Å². The molecule has 0 N–H and O–H groups in total. The molecule has 0 saturated carbocycles. The van der Waals surface area contributed by atoms with Gasteiger partial charge in [-0.3, -0.25) is 0 Å². The second-order valence-corrected chi connectivity index (χ2v) is 17.3. The number of methoxy groups -OCH3 is 1. The van der Waals surface area contributed by atoms with Crippen molar-refractivity contribution in [3.8, 4) is 0 Å². The summed E-state index contributed by atoms with van der Waals surface area (Å²) in [5, 5.41) is -0.0915. The molecule has 34 heavy (non-hydrogen) atoms. The summed E-state index contributed by atoms with van der Waals surface area (Å²) in [6, 6.07) is 35.0. The van der Waals surface area contributed by atoms with Crippen LogP contribution in [0.25, 0.3) is 0 Å². The fraction of sp³-hybridized carbons (Fsp3) is 0.0714. The van der Waals surface area contributed by atoms with Gasteiger partial charge in [0, 0.05) is 0 Å². The van der Waals surface area contributed by atoms with E-state index in [-0.39, 0.29) is 17.0 Å². The van der Waals surface area contributed by atoms with Crippen molar-refractivity contribution in [3.05, 3.63) is 125 Å². The topological polar surface area (TPSA) is 43.4 Å². The number of hydrogen-bond acceptors (Lipinski definition) is 3. The van der Waals surface area contributed by atoms with E-state index in [1.807, 2.05) is 54.6 Å². The Morgan fingerprint density at radius 3 is 1.59 bits per heavy atom. The SMILES string of the molecule is COC(=O)c1ccc(C(=O)CP(Br)(c2ccccc2)(c2ccccc2)c2ccccc2)c(Cl)c1. The number of hydrogen-bond donors (Lipinski definition) is 0. The first-order valence-corrected chi connectivity index (χ1v) is 15.5. The van der Waals surface area contributed by atoms with Crippen LogP contribution in [0.2, 0.25) is 5.02 Å². The Hall–Kier alpha value is -2.78. The molecule has 0 amide bonds. The number of benzene rings is 4. The van der Waals surface area contributed by atoms with E-state index in [4.69, 9.17) is 16.3 Å². The number of ether oxygens (including phenoxy) is 1. The van der Waals surface area contributed by atoms with Gasteiger partial charge in [0.25, 0.3) is 0 Å². The molecule has 3 nitrogen and oxygen atoms in total. The molecular formula is C28H23BrClO3P. The molecule has 0 spiro atoms. The van der Waals surface area contributed by atoms with Crippen molar-refractivity contribution >= 4 is 60.1 Å². The first-order valence-electron chi connectivity index (χ1n) is 10.7. The summed E-state index contributed by atoms with van der Waals surface area (Å²) in [6.45, 7) is 0. The number of Topliss-reactive ketones (excluding diaryl/α,β-unsaturated/α-hetero) is 1. The Morgan fingerprint density at radius 1 is 0.765 bits per heavy atom. The van der Waals surface area contributed by atoms with Gasteiger partial charge < -0.3 is 0 Å².